The number of nitrogens with zero attached hydrogens (tertiary/aromatic N) is 2. The molecule has 0 atom stereocenters. The van der Waals surface area contributed by atoms with Crippen LogP contribution in [0.5, 0.6) is 5.75 Å². The molecule has 5 heteroatoms. The number of hydrogen-bond donors (Lipinski definition) is 2. The standard InChI is InChI=1S/C7H7N3O.C4H5N/c1-11-5-2-3-6-7(4-5)9-10-8-6;1-2-4-5-3-1/h2-4H,1H3,(H,8,9,10);1-5H. The fraction of sp³-hybridized carbons (Fsp3) is 0.0909. The number of nitrogens with one attached hydrogen (secondary N) is 2. The Kier molecular flexibility index (Phi) is 3.18. The maximum absolute atomic E-state index is 5.01. The summed E-state index contributed by atoms with van der Waals surface area (Å²) in [6.45, 7) is 0. The molecule has 2 heterocycles. The van der Waals surface area contributed by atoms with Gasteiger partial charge in [0, 0.05) is 18.5 Å². The average Bonchev–Trinajstić information content (AvgIpc) is 3.02. The molecule has 3 aromatic rings. The highest BCUT2D eigenvalue weighted by Gasteiger charge is 1.97. The second-order valence-corrected chi connectivity index (χ2v) is 3.06. The number of fused-ring (bicyclic) bond motifs is 1. The van der Waals surface area contributed by atoms with Gasteiger partial charge in [-0.25, -0.2) is 0 Å². The third-order valence-electron chi connectivity index (χ3n) is 2.02. The van der Waals surface area contributed by atoms with E-state index in [2.05, 4.69) is 20.4 Å². The minimum absolute atomic E-state index is 0.798. The molecule has 5 nitrogen and oxygen atoms in total. The van der Waals surface area contributed by atoms with Gasteiger partial charge in [0.1, 0.15) is 16.8 Å². The minimum atomic E-state index is 0.798. The number of hydrogen-bond acceptors (Lipinski definition) is 3. The predicted octanol–water partition coefficient (Wildman–Crippen LogP) is 1.98. The van der Waals surface area contributed by atoms with Crippen LogP contribution >= 0.6 is 0 Å². The van der Waals surface area contributed by atoms with Gasteiger partial charge in [0.05, 0.1) is 7.11 Å². The molecule has 3 rings (SSSR count). The molecule has 0 bridgehead atoms. The van der Waals surface area contributed by atoms with E-state index >= 15 is 0 Å². The number of aromatic nitrogens is 4. The number of aromatic amines is 2. The summed E-state index contributed by atoms with van der Waals surface area (Å²) in [7, 11) is 1.63. The Hall–Kier alpha value is -2.30. The lowest BCUT2D eigenvalue weighted by atomic mass is 10.3. The first kappa shape index (κ1) is 10.2. The van der Waals surface area contributed by atoms with E-state index in [-0.39, 0.29) is 0 Å². The number of rotatable bonds is 1. The Morgan fingerprint density at radius 1 is 1.06 bits per heavy atom. The lowest BCUT2D eigenvalue weighted by Gasteiger charge is -1.95. The zero-order chi connectivity index (χ0) is 11.2. The monoisotopic (exact) mass is 216 g/mol. The number of methoxy groups -OCH3 is 1. The first-order chi connectivity index (χ1) is 7.90. The van der Waals surface area contributed by atoms with Gasteiger partial charge in [-0.15, -0.1) is 0 Å². The van der Waals surface area contributed by atoms with Crippen LogP contribution in [0.3, 0.4) is 0 Å². The fourth-order valence-corrected chi connectivity index (χ4v) is 1.22. The third-order valence-corrected chi connectivity index (χ3v) is 2.02. The van der Waals surface area contributed by atoms with Crippen molar-refractivity contribution in [3.05, 3.63) is 42.7 Å². The molecule has 0 unspecified atom stereocenters. The number of H-pyrrole nitrogens is 2. The second-order valence-electron chi connectivity index (χ2n) is 3.06. The molecule has 0 spiro atoms. The van der Waals surface area contributed by atoms with E-state index in [4.69, 9.17) is 4.74 Å². The average molecular weight is 216 g/mol. The second kappa shape index (κ2) is 4.97. The molecule has 0 aliphatic heterocycles. The van der Waals surface area contributed by atoms with E-state index in [1.807, 2.05) is 42.7 Å². The van der Waals surface area contributed by atoms with Crippen LogP contribution in [0.25, 0.3) is 11.0 Å². The summed E-state index contributed by atoms with van der Waals surface area (Å²) in [4.78, 5) is 2.86. The highest BCUT2D eigenvalue weighted by Crippen LogP contribution is 2.15. The van der Waals surface area contributed by atoms with Gasteiger partial charge in [0.15, 0.2) is 0 Å². The summed E-state index contributed by atoms with van der Waals surface area (Å²) in [5, 5.41) is 10.3. The highest BCUT2D eigenvalue weighted by molar-refractivity contribution is 5.74. The van der Waals surface area contributed by atoms with E-state index in [1.54, 1.807) is 7.11 Å². The summed E-state index contributed by atoms with van der Waals surface area (Å²) in [6.07, 6.45) is 3.75. The van der Waals surface area contributed by atoms with Crippen molar-refractivity contribution in [3.63, 3.8) is 0 Å². The van der Waals surface area contributed by atoms with Crippen LogP contribution in [0.15, 0.2) is 42.7 Å². The van der Waals surface area contributed by atoms with Gasteiger partial charge in [-0.1, -0.05) is 0 Å². The van der Waals surface area contributed by atoms with Gasteiger partial charge < -0.3 is 9.72 Å². The topological polar surface area (TPSA) is 66.6 Å². The van der Waals surface area contributed by atoms with Crippen molar-refractivity contribution in [3.8, 4) is 5.75 Å². The Balaban J connectivity index is 0.000000162. The van der Waals surface area contributed by atoms with Crippen molar-refractivity contribution in [1.82, 2.24) is 20.4 Å². The molecule has 82 valence electrons. The van der Waals surface area contributed by atoms with Gasteiger partial charge in [-0.05, 0) is 24.3 Å². The molecular formula is C11H12N4O. The summed E-state index contributed by atoms with van der Waals surface area (Å²) < 4.78 is 5.01. The normalized spacial score (nSPS) is 9.56. The van der Waals surface area contributed by atoms with Crippen LogP contribution in [0, 0.1) is 0 Å². The number of ether oxygens (including phenoxy) is 1. The molecule has 2 aromatic heterocycles. The zero-order valence-corrected chi connectivity index (χ0v) is 8.84. The maximum atomic E-state index is 5.01. The molecule has 0 aliphatic carbocycles. The van der Waals surface area contributed by atoms with Crippen LogP contribution < -0.4 is 4.74 Å². The van der Waals surface area contributed by atoms with Crippen LogP contribution in [-0.2, 0) is 0 Å². The van der Waals surface area contributed by atoms with E-state index in [1.165, 1.54) is 0 Å². The smallest absolute Gasteiger partial charge is 0.121 e. The van der Waals surface area contributed by atoms with Crippen LogP contribution in [0.4, 0.5) is 0 Å². The van der Waals surface area contributed by atoms with E-state index in [0.717, 1.165) is 16.8 Å². The Labute approximate surface area is 92.4 Å². The molecule has 0 aliphatic rings. The quantitative estimate of drug-likeness (QED) is 0.653. The molecule has 0 amide bonds. The Morgan fingerprint density at radius 2 is 1.81 bits per heavy atom. The van der Waals surface area contributed by atoms with Gasteiger partial charge in [-0.3, -0.25) is 0 Å². The van der Waals surface area contributed by atoms with Gasteiger partial charge in [0.25, 0.3) is 0 Å². The van der Waals surface area contributed by atoms with Crippen molar-refractivity contribution in [1.29, 1.82) is 0 Å². The summed E-state index contributed by atoms with van der Waals surface area (Å²) >= 11 is 0. The van der Waals surface area contributed by atoms with Crippen LogP contribution in [0.2, 0.25) is 0 Å². The van der Waals surface area contributed by atoms with E-state index in [9.17, 15) is 0 Å². The first-order valence-electron chi connectivity index (χ1n) is 4.82. The lowest BCUT2D eigenvalue weighted by molar-refractivity contribution is 0.415. The lowest BCUT2D eigenvalue weighted by Crippen LogP contribution is -1.81. The number of benzene rings is 1. The van der Waals surface area contributed by atoms with Crippen molar-refractivity contribution in [2.45, 2.75) is 0 Å². The van der Waals surface area contributed by atoms with Crippen molar-refractivity contribution < 1.29 is 4.74 Å². The molecule has 0 saturated heterocycles. The largest absolute Gasteiger partial charge is 0.497 e. The molecule has 0 radical (unpaired) electrons. The molecule has 0 saturated carbocycles. The predicted molar refractivity (Wildman–Crippen MR) is 61.2 cm³/mol. The Bertz CT molecular complexity index is 512. The summed E-state index contributed by atoms with van der Waals surface area (Å²) in [5.41, 5.74) is 1.68. The van der Waals surface area contributed by atoms with Crippen molar-refractivity contribution in [2.24, 2.45) is 0 Å². The Morgan fingerprint density at radius 3 is 2.44 bits per heavy atom. The summed E-state index contributed by atoms with van der Waals surface area (Å²) in [6, 6.07) is 9.43. The van der Waals surface area contributed by atoms with Crippen molar-refractivity contribution in [2.75, 3.05) is 7.11 Å². The minimum Gasteiger partial charge on any atom is -0.497 e. The molecule has 2 N–H and O–H groups in total. The molecule has 0 fully saturated rings. The fourth-order valence-electron chi connectivity index (χ4n) is 1.22. The third kappa shape index (κ3) is 2.38. The highest BCUT2D eigenvalue weighted by atomic mass is 16.5. The van der Waals surface area contributed by atoms with Gasteiger partial charge in [-0.2, -0.15) is 15.4 Å². The SMILES string of the molecule is COc1ccc2n[nH]nc2c1.c1cc[nH]c1. The van der Waals surface area contributed by atoms with E-state index in [0.29, 0.717) is 0 Å². The van der Waals surface area contributed by atoms with Gasteiger partial charge >= 0.3 is 0 Å². The molecular weight excluding hydrogens is 204 g/mol. The van der Waals surface area contributed by atoms with Crippen molar-refractivity contribution >= 4 is 11.0 Å². The summed E-state index contributed by atoms with van der Waals surface area (Å²) in [5.74, 6) is 0.798. The maximum Gasteiger partial charge on any atom is 0.121 e. The van der Waals surface area contributed by atoms with Gasteiger partial charge in [0.2, 0.25) is 0 Å². The van der Waals surface area contributed by atoms with Crippen LogP contribution in [-0.4, -0.2) is 27.5 Å². The van der Waals surface area contributed by atoms with Crippen LogP contribution in [0.1, 0.15) is 0 Å². The van der Waals surface area contributed by atoms with E-state index < -0.39 is 0 Å². The molecule has 1 aromatic carbocycles. The first-order valence-corrected chi connectivity index (χ1v) is 4.82. The zero-order valence-electron chi connectivity index (χ0n) is 8.84. The molecule has 16 heavy (non-hydrogen) atoms.